The van der Waals surface area contributed by atoms with Crippen LogP contribution < -0.4 is 4.90 Å². The molecule has 2 amide bonds. The fourth-order valence-electron chi connectivity index (χ4n) is 2.12. The zero-order valence-electron chi connectivity index (χ0n) is 10.4. The Labute approximate surface area is 116 Å². The summed E-state index contributed by atoms with van der Waals surface area (Å²) in [6.45, 7) is 0. The number of hydrogen-bond acceptors (Lipinski definition) is 3. The van der Waals surface area contributed by atoms with E-state index < -0.39 is 23.6 Å². The van der Waals surface area contributed by atoms with Crippen LogP contribution in [-0.4, -0.2) is 16.8 Å². The SMILES string of the molecule is O=C1c2cccnc2C(=O)N1c1cccc(C(F)(F)F)c1. The summed E-state index contributed by atoms with van der Waals surface area (Å²) in [7, 11) is 0. The number of carbonyl (C=O) groups excluding carboxylic acids is 2. The van der Waals surface area contributed by atoms with Crippen molar-refractivity contribution in [3.05, 3.63) is 59.4 Å². The highest BCUT2D eigenvalue weighted by molar-refractivity contribution is 6.33. The first-order chi connectivity index (χ1) is 9.89. The number of imide groups is 1. The number of halogens is 3. The third kappa shape index (κ3) is 2.06. The molecule has 4 nitrogen and oxygen atoms in total. The number of anilines is 1. The number of rotatable bonds is 1. The third-order valence-corrected chi connectivity index (χ3v) is 3.08. The lowest BCUT2D eigenvalue weighted by molar-refractivity contribution is -0.137. The number of aromatic nitrogens is 1. The van der Waals surface area contributed by atoms with Gasteiger partial charge in [-0.1, -0.05) is 6.07 Å². The molecule has 21 heavy (non-hydrogen) atoms. The minimum atomic E-state index is -4.55. The van der Waals surface area contributed by atoms with Crippen LogP contribution in [0.1, 0.15) is 26.4 Å². The summed E-state index contributed by atoms with van der Waals surface area (Å²) in [6.07, 6.45) is -3.20. The van der Waals surface area contributed by atoms with Gasteiger partial charge in [0, 0.05) is 6.20 Å². The van der Waals surface area contributed by atoms with Crippen LogP contribution in [0.15, 0.2) is 42.6 Å². The average molecular weight is 292 g/mol. The molecule has 106 valence electrons. The van der Waals surface area contributed by atoms with E-state index in [-0.39, 0.29) is 16.9 Å². The van der Waals surface area contributed by atoms with Crippen molar-refractivity contribution in [3.8, 4) is 0 Å². The Morgan fingerprint density at radius 2 is 1.76 bits per heavy atom. The molecule has 7 heteroatoms. The lowest BCUT2D eigenvalue weighted by Crippen LogP contribution is -2.29. The van der Waals surface area contributed by atoms with Crippen molar-refractivity contribution >= 4 is 17.5 Å². The van der Waals surface area contributed by atoms with Crippen LogP contribution in [0, 0.1) is 0 Å². The summed E-state index contributed by atoms with van der Waals surface area (Å²) in [6, 6.07) is 6.96. The molecule has 0 radical (unpaired) electrons. The second-order valence-electron chi connectivity index (χ2n) is 4.39. The molecule has 0 saturated carbocycles. The number of nitrogens with zero attached hydrogens (tertiary/aromatic N) is 2. The molecule has 3 rings (SSSR count). The molecule has 0 aliphatic carbocycles. The minimum absolute atomic E-state index is 0.0556. The summed E-state index contributed by atoms with van der Waals surface area (Å²) in [5, 5.41) is 0. The van der Waals surface area contributed by atoms with Crippen molar-refractivity contribution in [2.75, 3.05) is 4.90 Å². The summed E-state index contributed by atoms with van der Waals surface area (Å²) in [5.74, 6) is -1.41. The van der Waals surface area contributed by atoms with Crippen LogP contribution in [0.3, 0.4) is 0 Å². The highest BCUT2D eigenvalue weighted by atomic mass is 19.4. The molecule has 0 fully saturated rings. The number of carbonyl (C=O) groups is 2. The number of benzene rings is 1. The van der Waals surface area contributed by atoms with E-state index >= 15 is 0 Å². The van der Waals surface area contributed by atoms with Crippen LogP contribution in [0.4, 0.5) is 18.9 Å². The first kappa shape index (κ1) is 13.3. The number of fused-ring (bicyclic) bond motifs is 1. The normalized spacial score (nSPS) is 14.5. The van der Waals surface area contributed by atoms with Gasteiger partial charge in [0.1, 0.15) is 5.69 Å². The predicted molar refractivity (Wildman–Crippen MR) is 66.8 cm³/mol. The molecule has 2 heterocycles. The lowest BCUT2D eigenvalue weighted by atomic mass is 10.2. The Balaban J connectivity index is 2.08. The lowest BCUT2D eigenvalue weighted by Gasteiger charge is -2.15. The average Bonchev–Trinajstić information content (AvgIpc) is 2.71. The van der Waals surface area contributed by atoms with Gasteiger partial charge in [0.2, 0.25) is 0 Å². The smallest absolute Gasteiger partial charge is 0.268 e. The van der Waals surface area contributed by atoms with Gasteiger partial charge >= 0.3 is 6.18 Å². The van der Waals surface area contributed by atoms with Crippen molar-refractivity contribution in [3.63, 3.8) is 0 Å². The standard InChI is InChI=1S/C14H7F3N2O2/c15-14(16,17)8-3-1-4-9(7-8)19-12(20)10-5-2-6-18-11(10)13(19)21/h1-7H. The van der Waals surface area contributed by atoms with E-state index in [1.807, 2.05) is 0 Å². The maximum atomic E-state index is 12.7. The molecule has 0 N–H and O–H groups in total. The van der Waals surface area contributed by atoms with Gasteiger partial charge in [-0.05, 0) is 30.3 Å². The summed E-state index contributed by atoms with van der Waals surface area (Å²) in [5.41, 5.74) is -1.03. The van der Waals surface area contributed by atoms with Gasteiger partial charge in [0.15, 0.2) is 0 Å². The van der Waals surface area contributed by atoms with E-state index in [1.165, 1.54) is 24.4 Å². The van der Waals surface area contributed by atoms with Crippen molar-refractivity contribution in [2.45, 2.75) is 6.18 Å². The van der Waals surface area contributed by atoms with E-state index in [9.17, 15) is 22.8 Å². The second kappa shape index (κ2) is 4.41. The van der Waals surface area contributed by atoms with Gasteiger partial charge in [-0.25, -0.2) is 4.90 Å². The van der Waals surface area contributed by atoms with Crippen molar-refractivity contribution in [1.82, 2.24) is 4.98 Å². The number of alkyl halides is 3. The maximum absolute atomic E-state index is 12.7. The van der Waals surface area contributed by atoms with Crippen molar-refractivity contribution < 1.29 is 22.8 Å². The van der Waals surface area contributed by atoms with Crippen molar-refractivity contribution in [1.29, 1.82) is 0 Å². The van der Waals surface area contributed by atoms with Crippen LogP contribution in [0.5, 0.6) is 0 Å². The third-order valence-electron chi connectivity index (χ3n) is 3.08. The Morgan fingerprint density at radius 1 is 1.00 bits per heavy atom. The molecular formula is C14H7F3N2O2. The fraction of sp³-hybridized carbons (Fsp3) is 0.0714. The minimum Gasteiger partial charge on any atom is -0.268 e. The molecule has 1 aromatic heterocycles. The first-order valence-electron chi connectivity index (χ1n) is 5.90. The maximum Gasteiger partial charge on any atom is 0.416 e. The number of hydrogen-bond donors (Lipinski definition) is 0. The zero-order valence-corrected chi connectivity index (χ0v) is 10.4. The highest BCUT2D eigenvalue weighted by Crippen LogP contribution is 2.33. The van der Waals surface area contributed by atoms with E-state index in [0.717, 1.165) is 18.2 Å². The van der Waals surface area contributed by atoms with Crippen LogP contribution in [-0.2, 0) is 6.18 Å². The Kier molecular flexibility index (Phi) is 2.79. The fourth-order valence-corrected chi connectivity index (χ4v) is 2.12. The highest BCUT2D eigenvalue weighted by Gasteiger charge is 2.39. The van der Waals surface area contributed by atoms with Crippen LogP contribution >= 0.6 is 0 Å². The van der Waals surface area contributed by atoms with Gasteiger partial charge < -0.3 is 0 Å². The number of amides is 2. The molecule has 0 unspecified atom stereocenters. The quantitative estimate of drug-likeness (QED) is 0.759. The predicted octanol–water partition coefficient (Wildman–Crippen LogP) is 2.90. The van der Waals surface area contributed by atoms with Gasteiger partial charge in [-0.15, -0.1) is 0 Å². The summed E-state index contributed by atoms with van der Waals surface area (Å²) >= 11 is 0. The molecule has 1 aromatic carbocycles. The van der Waals surface area contributed by atoms with Gasteiger partial charge in [-0.2, -0.15) is 13.2 Å². The first-order valence-corrected chi connectivity index (χ1v) is 5.90. The van der Waals surface area contributed by atoms with Crippen LogP contribution in [0.2, 0.25) is 0 Å². The Bertz CT molecular complexity index is 721. The van der Waals surface area contributed by atoms with Gasteiger partial charge in [0.25, 0.3) is 11.8 Å². The number of pyridine rings is 1. The summed E-state index contributed by atoms with van der Waals surface area (Å²) < 4.78 is 38.1. The van der Waals surface area contributed by atoms with E-state index in [1.54, 1.807) is 0 Å². The monoisotopic (exact) mass is 292 g/mol. The summed E-state index contributed by atoms with van der Waals surface area (Å²) in [4.78, 5) is 28.8. The largest absolute Gasteiger partial charge is 0.416 e. The van der Waals surface area contributed by atoms with Gasteiger partial charge in [0.05, 0.1) is 16.8 Å². The van der Waals surface area contributed by atoms with Gasteiger partial charge in [-0.3, -0.25) is 14.6 Å². The van der Waals surface area contributed by atoms with E-state index in [0.29, 0.717) is 4.90 Å². The van der Waals surface area contributed by atoms with E-state index in [4.69, 9.17) is 0 Å². The van der Waals surface area contributed by atoms with Crippen molar-refractivity contribution in [2.24, 2.45) is 0 Å². The topological polar surface area (TPSA) is 50.3 Å². The molecule has 2 aromatic rings. The zero-order chi connectivity index (χ0) is 15.2. The molecule has 0 spiro atoms. The molecule has 1 aliphatic heterocycles. The Hall–Kier alpha value is -2.70. The van der Waals surface area contributed by atoms with Crippen LogP contribution in [0.25, 0.3) is 0 Å². The molecule has 0 saturated heterocycles. The second-order valence-corrected chi connectivity index (χ2v) is 4.39. The van der Waals surface area contributed by atoms with E-state index in [2.05, 4.69) is 4.98 Å². The Morgan fingerprint density at radius 3 is 2.43 bits per heavy atom. The molecule has 0 bridgehead atoms. The molecule has 0 atom stereocenters. The molecule has 1 aliphatic rings. The molecular weight excluding hydrogens is 285 g/mol.